The van der Waals surface area contributed by atoms with Gasteiger partial charge in [0.05, 0.1) is 5.56 Å². The van der Waals surface area contributed by atoms with Crippen LogP contribution in [0.25, 0.3) is 6.08 Å². The first kappa shape index (κ1) is 19.0. The maximum absolute atomic E-state index is 13.4. The highest BCUT2D eigenvalue weighted by Gasteiger charge is 2.33. The Hall–Kier alpha value is -2.74. The minimum absolute atomic E-state index is 0.157. The molecule has 0 aromatic carbocycles. The first-order valence-corrected chi connectivity index (χ1v) is 8.55. The van der Waals surface area contributed by atoms with Crippen molar-refractivity contribution in [2.75, 3.05) is 31.1 Å². The highest BCUT2D eigenvalue weighted by Crippen LogP contribution is 2.32. The zero-order valence-electron chi connectivity index (χ0n) is 14.6. The van der Waals surface area contributed by atoms with Crippen LogP contribution in [-0.4, -0.2) is 41.9 Å². The molecule has 27 heavy (non-hydrogen) atoms. The number of nitrogens with zero attached hydrogens (tertiary/aromatic N) is 3. The monoisotopic (exact) mass is 376 g/mol. The van der Waals surface area contributed by atoms with Crippen molar-refractivity contribution in [1.82, 2.24) is 15.3 Å². The van der Waals surface area contributed by atoms with Gasteiger partial charge in [-0.25, -0.2) is 4.98 Å². The van der Waals surface area contributed by atoms with Gasteiger partial charge in [-0.15, -0.1) is 0 Å². The average Bonchev–Trinajstić information content (AvgIpc) is 2.96. The molecule has 1 aliphatic rings. The first-order chi connectivity index (χ1) is 12.9. The molecule has 0 amide bonds. The Balaban J connectivity index is 2.03. The van der Waals surface area contributed by atoms with E-state index in [0.29, 0.717) is 25.2 Å². The number of halogens is 3. The maximum Gasteiger partial charge on any atom is 0.416 e. The van der Waals surface area contributed by atoms with E-state index in [0.717, 1.165) is 25.1 Å². The van der Waals surface area contributed by atoms with E-state index in [2.05, 4.69) is 21.9 Å². The van der Waals surface area contributed by atoms with Crippen LogP contribution in [-0.2, 0) is 6.18 Å². The van der Waals surface area contributed by atoms with Crippen molar-refractivity contribution < 1.29 is 18.0 Å². The predicted molar refractivity (Wildman–Crippen MR) is 96.7 cm³/mol. The second-order valence-electron chi connectivity index (χ2n) is 6.23. The van der Waals surface area contributed by atoms with Gasteiger partial charge in [0.25, 0.3) is 0 Å². The zero-order valence-corrected chi connectivity index (χ0v) is 14.6. The lowest BCUT2D eigenvalue weighted by molar-refractivity contribution is -0.137. The van der Waals surface area contributed by atoms with Crippen LogP contribution in [0.5, 0.6) is 0 Å². The summed E-state index contributed by atoms with van der Waals surface area (Å²) >= 11 is 0. The zero-order chi connectivity index (χ0) is 19.4. The number of nitrogens with one attached hydrogen (secondary N) is 1. The summed E-state index contributed by atoms with van der Waals surface area (Å²) in [6.07, 6.45) is 0.551. The number of ketones is 1. The quantitative estimate of drug-likeness (QED) is 0.831. The van der Waals surface area contributed by atoms with Gasteiger partial charge in [-0.2, -0.15) is 13.2 Å². The van der Waals surface area contributed by atoms with Gasteiger partial charge in [0.2, 0.25) is 5.78 Å². The van der Waals surface area contributed by atoms with Crippen LogP contribution in [0.4, 0.5) is 19.0 Å². The molecule has 5 nitrogen and oxygen atoms in total. The molecule has 0 radical (unpaired) electrons. The molecule has 1 N–H and O–H groups in total. The lowest BCUT2D eigenvalue weighted by Gasteiger charge is -2.23. The molecule has 0 bridgehead atoms. The molecule has 0 aliphatic carbocycles. The van der Waals surface area contributed by atoms with Crippen LogP contribution in [0, 0.1) is 0 Å². The molecule has 0 unspecified atom stereocenters. The molecular weight excluding hydrogens is 357 g/mol. The highest BCUT2D eigenvalue weighted by molar-refractivity contribution is 6.08. The van der Waals surface area contributed by atoms with Crippen molar-refractivity contribution in [3.63, 3.8) is 0 Å². The Morgan fingerprint density at radius 1 is 1.19 bits per heavy atom. The molecular formula is C19H19F3N4O. The molecule has 1 saturated heterocycles. The van der Waals surface area contributed by atoms with E-state index >= 15 is 0 Å². The second kappa shape index (κ2) is 7.87. The van der Waals surface area contributed by atoms with E-state index in [9.17, 15) is 18.0 Å². The fourth-order valence-electron chi connectivity index (χ4n) is 2.87. The van der Waals surface area contributed by atoms with Crippen molar-refractivity contribution in [3.8, 4) is 0 Å². The Labute approximate surface area is 154 Å². The van der Waals surface area contributed by atoms with Gasteiger partial charge >= 0.3 is 6.18 Å². The van der Waals surface area contributed by atoms with Crippen LogP contribution in [0.3, 0.4) is 0 Å². The smallest absolute Gasteiger partial charge is 0.355 e. The number of hydrogen-bond acceptors (Lipinski definition) is 5. The minimum Gasteiger partial charge on any atom is -0.355 e. The fraction of sp³-hybridized carbons (Fsp3) is 0.316. The summed E-state index contributed by atoms with van der Waals surface area (Å²) in [7, 11) is 0. The van der Waals surface area contributed by atoms with Crippen molar-refractivity contribution in [1.29, 1.82) is 0 Å². The molecule has 1 fully saturated rings. The number of hydrogen-bond donors (Lipinski definition) is 1. The standard InChI is InChI=1S/C19H19F3N4O/c1-2-13-8-14(12-24-11-13)18(27)16-9-15(19(20,21)22)10-17(25-16)26-6-3-4-23-5-7-26/h2,8-12,23H,1,3-7H2. The number of pyridine rings is 2. The van der Waals surface area contributed by atoms with Gasteiger partial charge < -0.3 is 10.2 Å². The summed E-state index contributed by atoms with van der Waals surface area (Å²) in [5.74, 6) is -0.448. The first-order valence-electron chi connectivity index (χ1n) is 8.55. The van der Waals surface area contributed by atoms with Crippen molar-refractivity contribution in [3.05, 3.63) is 59.6 Å². The van der Waals surface area contributed by atoms with Crippen molar-refractivity contribution >= 4 is 17.7 Å². The Morgan fingerprint density at radius 3 is 2.74 bits per heavy atom. The summed E-state index contributed by atoms with van der Waals surface area (Å²) in [6, 6.07) is 3.32. The summed E-state index contributed by atoms with van der Waals surface area (Å²) in [5.41, 5.74) is -0.365. The van der Waals surface area contributed by atoms with E-state index in [1.54, 1.807) is 4.90 Å². The van der Waals surface area contributed by atoms with E-state index in [1.165, 1.54) is 24.5 Å². The SMILES string of the molecule is C=Cc1cncc(C(=O)c2cc(C(F)(F)F)cc(N3CCCNCC3)n2)c1. The number of carbonyl (C=O) groups is 1. The normalized spacial score (nSPS) is 15.3. The summed E-state index contributed by atoms with van der Waals surface area (Å²) < 4.78 is 40.2. The van der Waals surface area contributed by atoms with E-state index in [4.69, 9.17) is 0 Å². The second-order valence-corrected chi connectivity index (χ2v) is 6.23. The molecule has 142 valence electrons. The van der Waals surface area contributed by atoms with Gasteiger partial charge in [-0.05, 0) is 36.7 Å². The summed E-state index contributed by atoms with van der Waals surface area (Å²) in [6.45, 7) is 6.14. The third kappa shape index (κ3) is 4.51. The molecule has 3 rings (SSSR count). The molecule has 8 heteroatoms. The van der Waals surface area contributed by atoms with Gasteiger partial charge in [0.1, 0.15) is 11.5 Å². The number of rotatable bonds is 4. The number of carbonyl (C=O) groups excluding carboxylic acids is 1. The lowest BCUT2D eigenvalue weighted by Crippen LogP contribution is -2.29. The molecule has 0 spiro atoms. The minimum atomic E-state index is -4.57. The van der Waals surface area contributed by atoms with E-state index in [1.807, 2.05) is 0 Å². The Bertz CT molecular complexity index is 843. The molecule has 3 heterocycles. The number of anilines is 1. The third-order valence-corrected chi connectivity index (χ3v) is 4.29. The molecule has 0 saturated carbocycles. The van der Waals surface area contributed by atoms with Gasteiger partial charge in [-0.1, -0.05) is 12.7 Å². The van der Waals surface area contributed by atoms with Gasteiger partial charge in [0, 0.05) is 37.6 Å². The van der Waals surface area contributed by atoms with Crippen LogP contribution in [0.15, 0.2) is 37.2 Å². The van der Waals surface area contributed by atoms with Crippen LogP contribution in [0.2, 0.25) is 0 Å². The number of alkyl halides is 3. The predicted octanol–water partition coefficient (Wildman–Crippen LogP) is 3.17. The number of aromatic nitrogens is 2. The van der Waals surface area contributed by atoms with Crippen molar-refractivity contribution in [2.24, 2.45) is 0 Å². The average molecular weight is 376 g/mol. The van der Waals surface area contributed by atoms with Crippen LogP contribution < -0.4 is 10.2 Å². The summed E-state index contributed by atoms with van der Waals surface area (Å²) in [5, 5.41) is 3.19. The Morgan fingerprint density at radius 2 is 2.00 bits per heavy atom. The maximum atomic E-state index is 13.4. The lowest BCUT2D eigenvalue weighted by atomic mass is 10.1. The molecule has 1 aliphatic heterocycles. The van der Waals surface area contributed by atoms with Gasteiger partial charge in [-0.3, -0.25) is 9.78 Å². The van der Waals surface area contributed by atoms with Crippen LogP contribution in [0.1, 0.15) is 33.6 Å². The third-order valence-electron chi connectivity index (χ3n) is 4.29. The van der Waals surface area contributed by atoms with E-state index in [-0.39, 0.29) is 17.1 Å². The topological polar surface area (TPSA) is 58.1 Å². The van der Waals surface area contributed by atoms with E-state index < -0.39 is 17.5 Å². The molecule has 0 atom stereocenters. The van der Waals surface area contributed by atoms with Crippen molar-refractivity contribution in [2.45, 2.75) is 12.6 Å². The molecule has 2 aromatic rings. The highest BCUT2D eigenvalue weighted by atomic mass is 19.4. The molecule has 2 aromatic heterocycles. The van der Waals surface area contributed by atoms with Gasteiger partial charge in [0.15, 0.2) is 0 Å². The fourth-order valence-corrected chi connectivity index (χ4v) is 2.87. The van der Waals surface area contributed by atoms with Crippen LogP contribution >= 0.6 is 0 Å². The Kier molecular flexibility index (Phi) is 5.55. The largest absolute Gasteiger partial charge is 0.416 e. The summed E-state index contributed by atoms with van der Waals surface area (Å²) in [4.78, 5) is 22.7.